The quantitative estimate of drug-likeness (QED) is 0.415. The Morgan fingerprint density at radius 3 is 1.14 bits per heavy atom. The highest BCUT2D eigenvalue weighted by Gasteiger charge is 2.08. The number of anilines is 2. The van der Waals surface area contributed by atoms with Gasteiger partial charge in [-0.25, -0.2) is 0 Å². The van der Waals surface area contributed by atoms with Crippen molar-refractivity contribution in [3.63, 3.8) is 0 Å². The van der Waals surface area contributed by atoms with Crippen molar-refractivity contribution in [2.24, 2.45) is 0 Å². The summed E-state index contributed by atoms with van der Waals surface area (Å²) in [4.78, 5) is 12.4. The molecule has 0 atom stereocenters. The van der Waals surface area contributed by atoms with Gasteiger partial charge in [-0.3, -0.25) is 0 Å². The molecule has 0 aliphatic rings. The molecule has 0 spiro atoms. The number of hydrogen-bond acceptors (Lipinski definition) is 8. The molecule has 2 rings (SSSR count). The van der Waals surface area contributed by atoms with E-state index in [9.17, 15) is 0 Å². The summed E-state index contributed by atoms with van der Waals surface area (Å²) >= 11 is 0. The van der Waals surface area contributed by atoms with E-state index in [4.69, 9.17) is 9.05 Å². The lowest BCUT2D eigenvalue weighted by molar-refractivity contribution is 0.412. The first-order chi connectivity index (χ1) is 13.6. The fourth-order valence-electron chi connectivity index (χ4n) is 3.04. The van der Waals surface area contributed by atoms with Gasteiger partial charge in [-0.2, -0.15) is 9.97 Å². The van der Waals surface area contributed by atoms with Crippen molar-refractivity contribution in [1.82, 2.24) is 20.3 Å². The van der Waals surface area contributed by atoms with Gasteiger partial charge < -0.3 is 18.8 Å². The molecule has 8 nitrogen and oxygen atoms in total. The molecule has 0 unspecified atom stereocenters. The maximum Gasteiger partial charge on any atom is 0.323 e. The van der Waals surface area contributed by atoms with Crippen molar-refractivity contribution >= 4 is 12.0 Å². The average molecular weight is 393 g/mol. The van der Waals surface area contributed by atoms with Crippen LogP contribution in [0.5, 0.6) is 0 Å². The molecule has 0 aromatic carbocycles. The largest absolute Gasteiger partial charge is 0.331 e. The molecule has 0 fully saturated rings. The second-order valence-electron chi connectivity index (χ2n) is 7.81. The summed E-state index contributed by atoms with van der Waals surface area (Å²) in [7, 11) is 7.64. The maximum atomic E-state index is 5.16. The van der Waals surface area contributed by atoms with E-state index in [1.165, 1.54) is 51.4 Å². The molecule has 0 saturated heterocycles. The van der Waals surface area contributed by atoms with Crippen LogP contribution in [0.15, 0.2) is 9.05 Å². The lowest BCUT2D eigenvalue weighted by Gasteiger charge is -2.03. The lowest BCUT2D eigenvalue weighted by Crippen LogP contribution is -2.08. The highest BCUT2D eigenvalue weighted by Crippen LogP contribution is 2.14. The van der Waals surface area contributed by atoms with Gasteiger partial charge in [-0.15, -0.1) is 0 Å². The van der Waals surface area contributed by atoms with Crippen LogP contribution >= 0.6 is 0 Å². The number of hydrogen-bond donors (Lipinski definition) is 0. The summed E-state index contributed by atoms with van der Waals surface area (Å²) in [5.41, 5.74) is 0. The van der Waals surface area contributed by atoms with Crippen LogP contribution in [0.2, 0.25) is 0 Å². The van der Waals surface area contributed by atoms with Crippen molar-refractivity contribution < 1.29 is 9.05 Å². The zero-order chi connectivity index (χ0) is 20.2. The number of unbranched alkanes of at least 4 members (excludes halogenated alkanes) is 9. The van der Waals surface area contributed by atoms with Crippen LogP contribution in [0.4, 0.5) is 12.0 Å². The summed E-state index contributed by atoms with van der Waals surface area (Å²) in [6.07, 6.45) is 14.5. The Bertz CT molecular complexity index is 596. The van der Waals surface area contributed by atoms with Crippen molar-refractivity contribution in [3.05, 3.63) is 11.6 Å². The van der Waals surface area contributed by atoms with Gasteiger partial charge in [0.15, 0.2) is 11.6 Å². The minimum atomic E-state index is 0.589. The Morgan fingerprint density at radius 2 is 0.857 bits per heavy atom. The lowest BCUT2D eigenvalue weighted by atomic mass is 10.0. The normalized spacial score (nSPS) is 11.1. The van der Waals surface area contributed by atoms with Crippen molar-refractivity contribution in [1.29, 1.82) is 0 Å². The summed E-state index contributed by atoms with van der Waals surface area (Å²) in [5, 5.41) is 8.01. The van der Waals surface area contributed by atoms with Gasteiger partial charge in [0.05, 0.1) is 0 Å². The minimum absolute atomic E-state index is 0.589. The first kappa shape index (κ1) is 22.2. The molecule has 0 N–H and O–H groups in total. The first-order valence-corrected chi connectivity index (χ1v) is 10.6. The second kappa shape index (κ2) is 12.4. The first-order valence-electron chi connectivity index (χ1n) is 10.6. The molecule has 2 aromatic heterocycles. The van der Waals surface area contributed by atoms with Gasteiger partial charge >= 0.3 is 12.0 Å². The summed E-state index contributed by atoms with van der Waals surface area (Å²) in [6, 6.07) is 1.18. The molecule has 158 valence electrons. The minimum Gasteiger partial charge on any atom is -0.331 e. The Hall–Kier alpha value is -2.12. The Balaban J connectivity index is 1.36. The molecule has 0 aliphatic carbocycles. The van der Waals surface area contributed by atoms with Crippen LogP contribution < -0.4 is 9.80 Å². The molecule has 0 bridgehead atoms. The van der Waals surface area contributed by atoms with Gasteiger partial charge in [-0.05, 0) is 12.8 Å². The molecule has 0 amide bonds. The third-order valence-corrected chi connectivity index (χ3v) is 4.73. The standard InChI is InChI=1S/C20H36N6O2/c1-25(2)19-21-17(23-27-19)15-13-11-9-7-5-6-8-10-12-14-16-18-22-20(26(3)4)28-24-18/h5-16H2,1-4H3. The van der Waals surface area contributed by atoms with E-state index < -0.39 is 0 Å². The van der Waals surface area contributed by atoms with E-state index in [1.54, 1.807) is 0 Å². The van der Waals surface area contributed by atoms with E-state index >= 15 is 0 Å². The average Bonchev–Trinajstić information content (AvgIpc) is 3.32. The molecular formula is C20H36N6O2. The Morgan fingerprint density at radius 1 is 0.536 bits per heavy atom. The molecule has 8 heteroatoms. The van der Waals surface area contributed by atoms with Crippen LogP contribution in [0.1, 0.15) is 75.9 Å². The van der Waals surface area contributed by atoms with E-state index in [-0.39, 0.29) is 0 Å². The highest BCUT2D eigenvalue weighted by atomic mass is 16.5. The van der Waals surface area contributed by atoms with Crippen LogP contribution in [0.25, 0.3) is 0 Å². The third-order valence-electron chi connectivity index (χ3n) is 4.73. The third kappa shape index (κ3) is 8.27. The molecule has 0 radical (unpaired) electrons. The number of nitrogens with zero attached hydrogens (tertiary/aromatic N) is 6. The molecule has 0 aliphatic heterocycles. The van der Waals surface area contributed by atoms with Gasteiger partial charge in [0.25, 0.3) is 0 Å². The smallest absolute Gasteiger partial charge is 0.323 e. The van der Waals surface area contributed by atoms with Crippen molar-refractivity contribution in [2.75, 3.05) is 38.0 Å². The van der Waals surface area contributed by atoms with Crippen LogP contribution in [0.3, 0.4) is 0 Å². The van der Waals surface area contributed by atoms with Gasteiger partial charge in [0.2, 0.25) is 0 Å². The van der Waals surface area contributed by atoms with E-state index in [0.29, 0.717) is 12.0 Å². The zero-order valence-corrected chi connectivity index (χ0v) is 18.0. The molecular weight excluding hydrogens is 356 g/mol. The number of aromatic nitrogens is 4. The second-order valence-corrected chi connectivity index (χ2v) is 7.81. The Labute approximate surface area is 168 Å². The van der Waals surface area contributed by atoms with Gasteiger partial charge in [0.1, 0.15) is 0 Å². The molecule has 28 heavy (non-hydrogen) atoms. The van der Waals surface area contributed by atoms with Crippen molar-refractivity contribution in [2.45, 2.75) is 77.0 Å². The predicted molar refractivity (Wildman–Crippen MR) is 111 cm³/mol. The summed E-state index contributed by atoms with van der Waals surface area (Å²) in [6.45, 7) is 0. The Kier molecular flexibility index (Phi) is 9.79. The highest BCUT2D eigenvalue weighted by molar-refractivity contribution is 5.21. The zero-order valence-electron chi connectivity index (χ0n) is 18.0. The molecule has 2 heterocycles. The topological polar surface area (TPSA) is 84.3 Å². The fraction of sp³-hybridized carbons (Fsp3) is 0.800. The van der Waals surface area contributed by atoms with E-state index in [0.717, 1.165) is 37.3 Å². The summed E-state index contributed by atoms with van der Waals surface area (Å²) in [5.74, 6) is 1.64. The van der Waals surface area contributed by atoms with E-state index in [2.05, 4.69) is 20.3 Å². The predicted octanol–water partition coefficient (Wildman–Crippen LogP) is 4.27. The number of aryl methyl sites for hydroxylation is 2. The molecule has 0 saturated carbocycles. The van der Waals surface area contributed by atoms with Crippen LogP contribution in [-0.2, 0) is 12.8 Å². The SMILES string of the molecule is CN(C)c1nc(CCCCCCCCCCCCc2noc(N(C)C)n2)no1. The van der Waals surface area contributed by atoms with E-state index in [1.807, 2.05) is 38.0 Å². The number of rotatable bonds is 15. The van der Waals surface area contributed by atoms with Crippen LogP contribution in [0, 0.1) is 0 Å². The molecule has 2 aromatic rings. The monoisotopic (exact) mass is 392 g/mol. The maximum absolute atomic E-state index is 5.16. The summed E-state index contributed by atoms with van der Waals surface area (Å²) < 4.78 is 10.3. The fourth-order valence-corrected chi connectivity index (χ4v) is 3.04. The van der Waals surface area contributed by atoms with Crippen LogP contribution in [-0.4, -0.2) is 48.5 Å². The van der Waals surface area contributed by atoms with Gasteiger partial charge in [-0.1, -0.05) is 61.7 Å². The van der Waals surface area contributed by atoms with Gasteiger partial charge in [0, 0.05) is 41.0 Å². The van der Waals surface area contributed by atoms with Crippen molar-refractivity contribution in [3.8, 4) is 0 Å².